The zero-order valence-corrected chi connectivity index (χ0v) is 19.4. The SMILES string of the molecule is Cc1ccc(N2C[C@H](C(=O)OCC(=O)Nc3ccc(Br)c(Cl)c3C)CC2=O)cc1Cl. The minimum atomic E-state index is -0.644. The Kier molecular flexibility index (Phi) is 7.06. The Morgan fingerprint density at radius 3 is 2.67 bits per heavy atom. The van der Waals surface area contributed by atoms with Gasteiger partial charge in [-0.2, -0.15) is 0 Å². The first-order valence-corrected chi connectivity index (χ1v) is 10.7. The van der Waals surface area contributed by atoms with E-state index >= 15 is 0 Å². The molecule has 0 radical (unpaired) electrons. The average Bonchev–Trinajstić information content (AvgIpc) is 3.10. The van der Waals surface area contributed by atoms with Gasteiger partial charge in [0, 0.05) is 33.8 Å². The highest BCUT2D eigenvalue weighted by atomic mass is 79.9. The number of anilines is 2. The van der Waals surface area contributed by atoms with Gasteiger partial charge < -0.3 is 15.0 Å². The fraction of sp³-hybridized carbons (Fsp3) is 0.286. The first kappa shape index (κ1) is 22.6. The van der Waals surface area contributed by atoms with Gasteiger partial charge in [0.15, 0.2) is 6.61 Å². The van der Waals surface area contributed by atoms with Gasteiger partial charge in [0.25, 0.3) is 5.91 Å². The summed E-state index contributed by atoms with van der Waals surface area (Å²) in [5, 5.41) is 3.70. The second kappa shape index (κ2) is 9.37. The van der Waals surface area contributed by atoms with Crippen LogP contribution in [0.4, 0.5) is 11.4 Å². The monoisotopic (exact) mass is 512 g/mol. The van der Waals surface area contributed by atoms with Crippen molar-refractivity contribution in [2.75, 3.05) is 23.4 Å². The van der Waals surface area contributed by atoms with Crippen LogP contribution in [0.1, 0.15) is 17.5 Å². The van der Waals surface area contributed by atoms with Crippen LogP contribution in [0.15, 0.2) is 34.8 Å². The van der Waals surface area contributed by atoms with E-state index in [-0.39, 0.29) is 18.9 Å². The molecule has 3 rings (SSSR count). The first-order valence-electron chi connectivity index (χ1n) is 9.15. The molecule has 2 aromatic carbocycles. The predicted molar refractivity (Wildman–Crippen MR) is 120 cm³/mol. The third kappa shape index (κ3) is 4.96. The second-order valence-electron chi connectivity index (χ2n) is 7.03. The molecule has 1 N–H and O–H groups in total. The molecule has 1 heterocycles. The van der Waals surface area contributed by atoms with Crippen LogP contribution < -0.4 is 10.2 Å². The Bertz CT molecular complexity index is 1030. The number of hydrogen-bond acceptors (Lipinski definition) is 4. The molecule has 0 aromatic heterocycles. The molecule has 1 aliphatic rings. The van der Waals surface area contributed by atoms with Gasteiger partial charge in [-0.05, 0) is 65.2 Å². The molecular formula is C21H19BrCl2N2O4. The lowest BCUT2D eigenvalue weighted by Gasteiger charge is -2.17. The third-order valence-electron chi connectivity index (χ3n) is 4.88. The van der Waals surface area contributed by atoms with Crippen LogP contribution >= 0.6 is 39.1 Å². The molecule has 1 atom stereocenters. The van der Waals surface area contributed by atoms with E-state index in [1.54, 1.807) is 31.2 Å². The third-order valence-corrected chi connectivity index (χ3v) is 6.67. The van der Waals surface area contributed by atoms with Crippen LogP contribution in [0, 0.1) is 19.8 Å². The summed E-state index contributed by atoms with van der Waals surface area (Å²) in [6, 6.07) is 8.71. The number of hydrogen-bond donors (Lipinski definition) is 1. The molecule has 2 aromatic rings. The maximum absolute atomic E-state index is 12.4. The molecule has 6 nitrogen and oxygen atoms in total. The minimum Gasteiger partial charge on any atom is -0.455 e. The molecule has 9 heteroatoms. The molecule has 0 aliphatic carbocycles. The molecular weight excluding hydrogens is 495 g/mol. The van der Waals surface area contributed by atoms with E-state index in [9.17, 15) is 14.4 Å². The summed E-state index contributed by atoms with van der Waals surface area (Å²) in [7, 11) is 0. The Labute approximate surface area is 192 Å². The summed E-state index contributed by atoms with van der Waals surface area (Å²) in [6.07, 6.45) is 0.0212. The van der Waals surface area contributed by atoms with E-state index in [0.29, 0.717) is 27.0 Å². The van der Waals surface area contributed by atoms with Gasteiger partial charge in [-0.3, -0.25) is 14.4 Å². The molecule has 0 spiro atoms. The highest BCUT2D eigenvalue weighted by molar-refractivity contribution is 9.10. The Balaban J connectivity index is 1.56. The molecule has 30 heavy (non-hydrogen) atoms. The van der Waals surface area contributed by atoms with E-state index in [4.69, 9.17) is 27.9 Å². The van der Waals surface area contributed by atoms with Crippen LogP contribution in [0.25, 0.3) is 0 Å². The topological polar surface area (TPSA) is 75.7 Å². The predicted octanol–water partition coefficient (Wildman–Crippen LogP) is 4.91. The summed E-state index contributed by atoms with van der Waals surface area (Å²) < 4.78 is 5.85. The van der Waals surface area contributed by atoms with Gasteiger partial charge in [0.2, 0.25) is 5.91 Å². The Hall–Kier alpha value is -2.09. The molecule has 1 aliphatic heterocycles. The highest BCUT2D eigenvalue weighted by Crippen LogP contribution is 2.31. The number of rotatable bonds is 5. The van der Waals surface area contributed by atoms with Crippen LogP contribution in [-0.4, -0.2) is 30.9 Å². The number of nitrogens with zero attached hydrogens (tertiary/aromatic N) is 1. The maximum Gasteiger partial charge on any atom is 0.311 e. The van der Waals surface area contributed by atoms with Gasteiger partial charge >= 0.3 is 5.97 Å². The van der Waals surface area contributed by atoms with Crippen molar-refractivity contribution in [2.24, 2.45) is 5.92 Å². The van der Waals surface area contributed by atoms with Crippen molar-refractivity contribution in [1.82, 2.24) is 0 Å². The molecule has 1 saturated heterocycles. The molecule has 0 bridgehead atoms. The van der Waals surface area contributed by atoms with Crippen LogP contribution in [0.5, 0.6) is 0 Å². The molecule has 0 unspecified atom stereocenters. The zero-order valence-electron chi connectivity index (χ0n) is 16.3. The molecule has 1 fully saturated rings. The molecule has 2 amide bonds. The largest absolute Gasteiger partial charge is 0.455 e. The quantitative estimate of drug-likeness (QED) is 0.576. The number of halogens is 3. The fourth-order valence-corrected chi connectivity index (χ4v) is 3.86. The van der Waals surface area contributed by atoms with Gasteiger partial charge in [-0.1, -0.05) is 29.3 Å². The number of benzene rings is 2. The standard InChI is InChI=1S/C21H19BrCl2N2O4/c1-11-3-4-14(8-16(11)23)26-9-13(7-19(26)28)21(29)30-10-18(27)25-17-6-5-15(22)20(24)12(17)2/h3-6,8,13H,7,9-10H2,1-2H3,(H,25,27)/t13-/m1/s1. The highest BCUT2D eigenvalue weighted by Gasteiger charge is 2.36. The van der Waals surface area contributed by atoms with Crippen molar-refractivity contribution < 1.29 is 19.1 Å². The number of aryl methyl sites for hydroxylation is 1. The minimum absolute atomic E-state index is 0.0212. The van der Waals surface area contributed by atoms with Crippen molar-refractivity contribution in [2.45, 2.75) is 20.3 Å². The number of nitrogens with one attached hydrogen (secondary N) is 1. The van der Waals surface area contributed by atoms with Crippen LogP contribution in [0.3, 0.4) is 0 Å². The van der Waals surface area contributed by atoms with Crippen molar-refractivity contribution in [3.8, 4) is 0 Å². The lowest BCUT2D eigenvalue weighted by molar-refractivity contribution is -0.151. The van der Waals surface area contributed by atoms with E-state index in [0.717, 1.165) is 10.0 Å². The molecule has 0 saturated carbocycles. The second-order valence-corrected chi connectivity index (χ2v) is 8.67. The van der Waals surface area contributed by atoms with E-state index in [1.807, 2.05) is 13.0 Å². The lowest BCUT2D eigenvalue weighted by atomic mass is 10.1. The van der Waals surface area contributed by atoms with Gasteiger partial charge in [0.05, 0.1) is 10.9 Å². The Morgan fingerprint density at radius 1 is 1.23 bits per heavy atom. The summed E-state index contributed by atoms with van der Waals surface area (Å²) in [5.74, 6) is -1.92. The van der Waals surface area contributed by atoms with Gasteiger partial charge in [0.1, 0.15) is 0 Å². The lowest BCUT2D eigenvalue weighted by Crippen LogP contribution is -2.28. The zero-order chi connectivity index (χ0) is 22.0. The summed E-state index contributed by atoms with van der Waals surface area (Å²) >= 11 is 15.6. The van der Waals surface area contributed by atoms with Crippen molar-refractivity contribution in [1.29, 1.82) is 0 Å². The first-order chi connectivity index (χ1) is 14.2. The summed E-state index contributed by atoms with van der Waals surface area (Å²) in [5.41, 5.74) is 2.75. The summed E-state index contributed by atoms with van der Waals surface area (Å²) in [4.78, 5) is 38.4. The van der Waals surface area contributed by atoms with Crippen molar-refractivity contribution in [3.63, 3.8) is 0 Å². The van der Waals surface area contributed by atoms with Gasteiger partial charge in [-0.15, -0.1) is 0 Å². The number of carbonyl (C=O) groups excluding carboxylic acids is 3. The normalized spacial score (nSPS) is 16.0. The van der Waals surface area contributed by atoms with Crippen LogP contribution in [0.2, 0.25) is 10.0 Å². The van der Waals surface area contributed by atoms with Crippen molar-refractivity contribution >= 4 is 68.3 Å². The van der Waals surface area contributed by atoms with E-state index in [2.05, 4.69) is 21.2 Å². The van der Waals surface area contributed by atoms with Crippen molar-refractivity contribution in [3.05, 3.63) is 56.0 Å². The van der Waals surface area contributed by atoms with Crippen LogP contribution in [-0.2, 0) is 19.1 Å². The number of amides is 2. The molecule has 158 valence electrons. The number of esters is 1. The average molecular weight is 514 g/mol. The number of ether oxygens (including phenoxy) is 1. The Morgan fingerprint density at radius 2 is 1.97 bits per heavy atom. The summed E-state index contributed by atoms with van der Waals surface area (Å²) in [6.45, 7) is 3.37. The van der Waals surface area contributed by atoms with E-state index in [1.165, 1.54) is 4.90 Å². The fourth-order valence-electron chi connectivity index (χ4n) is 3.09. The smallest absolute Gasteiger partial charge is 0.311 e. The number of carbonyl (C=O) groups is 3. The maximum atomic E-state index is 12.4. The van der Waals surface area contributed by atoms with E-state index < -0.39 is 24.4 Å². The van der Waals surface area contributed by atoms with Gasteiger partial charge in [-0.25, -0.2) is 0 Å².